The van der Waals surface area contributed by atoms with E-state index in [2.05, 4.69) is 16.5 Å². The Morgan fingerprint density at radius 3 is 2.88 bits per heavy atom. The summed E-state index contributed by atoms with van der Waals surface area (Å²) in [4.78, 5) is 1.22. The van der Waals surface area contributed by atoms with E-state index in [0.717, 1.165) is 17.9 Å². The van der Waals surface area contributed by atoms with E-state index in [1.807, 2.05) is 36.4 Å². The van der Waals surface area contributed by atoms with Gasteiger partial charge in [0, 0.05) is 29.9 Å². The number of aromatic nitrogens is 2. The summed E-state index contributed by atoms with van der Waals surface area (Å²) in [5.41, 5.74) is 1.25. The maximum atomic E-state index is 6.16. The number of aryl methyl sites for hydroxylation is 2. The standard InChI is InChI=1S/C12H16ClN3S/c1-14-11(12-10(13)6-8-17-12)4-3-9-5-7-15-16(9)2/h5-8,11,14H,3-4H2,1-2H3. The van der Waals surface area contributed by atoms with E-state index < -0.39 is 0 Å². The fraction of sp³-hybridized carbons (Fsp3) is 0.417. The highest BCUT2D eigenvalue weighted by Crippen LogP contribution is 2.30. The van der Waals surface area contributed by atoms with Crippen LogP contribution in [-0.4, -0.2) is 16.8 Å². The first-order valence-electron chi connectivity index (χ1n) is 5.59. The van der Waals surface area contributed by atoms with Crippen molar-refractivity contribution < 1.29 is 0 Å². The summed E-state index contributed by atoms with van der Waals surface area (Å²) in [5, 5.41) is 10.4. The monoisotopic (exact) mass is 269 g/mol. The van der Waals surface area contributed by atoms with E-state index in [0.29, 0.717) is 6.04 Å². The first kappa shape index (κ1) is 12.6. The number of rotatable bonds is 5. The smallest absolute Gasteiger partial charge is 0.0561 e. The Kier molecular flexibility index (Phi) is 4.20. The second-order valence-electron chi connectivity index (χ2n) is 3.96. The third-order valence-electron chi connectivity index (χ3n) is 2.92. The minimum absolute atomic E-state index is 0.317. The van der Waals surface area contributed by atoms with Crippen molar-refractivity contribution in [3.63, 3.8) is 0 Å². The lowest BCUT2D eigenvalue weighted by molar-refractivity contribution is 0.543. The van der Waals surface area contributed by atoms with E-state index in [1.54, 1.807) is 11.3 Å². The molecule has 17 heavy (non-hydrogen) atoms. The molecule has 0 fully saturated rings. The zero-order chi connectivity index (χ0) is 12.3. The molecule has 2 heterocycles. The molecule has 0 aliphatic rings. The Morgan fingerprint density at radius 1 is 1.53 bits per heavy atom. The molecular formula is C12H16ClN3S. The predicted molar refractivity (Wildman–Crippen MR) is 72.7 cm³/mol. The van der Waals surface area contributed by atoms with Crippen LogP contribution in [0.25, 0.3) is 0 Å². The van der Waals surface area contributed by atoms with Gasteiger partial charge in [0.25, 0.3) is 0 Å². The molecule has 1 N–H and O–H groups in total. The number of nitrogens with one attached hydrogen (secondary N) is 1. The van der Waals surface area contributed by atoms with Crippen molar-refractivity contribution in [1.82, 2.24) is 15.1 Å². The zero-order valence-corrected chi connectivity index (χ0v) is 11.6. The number of thiophene rings is 1. The third kappa shape index (κ3) is 2.89. The van der Waals surface area contributed by atoms with Gasteiger partial charge in [-0.25, -0.2) is 0 Å². The Bertz CT molecular complexity index is 478. The molecule has 92 valence electrons. The van der Waals surface area contributed by atoms with Gasteiger partial charge in [-0.3, -0.25) is 4.68 Å². The molecule has 2 aromatic heterocycles. The first-order valence-corrected chi connectivity index (χ1v) is 6.85. The molecule has 0 aliphatic carbocycles. The summed E-state index contributed by atoms with van der Waals surface area (Å²) in [5.74, 6) is 0. The molecule has 2 rings (SSSR count). The highest BCUT2D eigenvalue weighted by atomic mass is 35.5. The van der Waals surface area contributed by atoms with Crippen molar-refractivity contribution in [3.8, 4) is 0 Å². The van der Waals surface area contributed by atoms with Crippen LogP contribution in [0.3, 0.4) is 0 Å². The lowest BCUT2D eigenvalue weighted by atomic mass is 10.1. The number of nitrogens with zero attached hydrogens (tertiary/aromatic N) is 2. The molecule has 0 bridgehead atoms. The van der Waals surface area contributed by atoms with Crippen molar-refractivity contribution in [2.45, 2.75) is 18.9 Å². The quantitative estimate of drug-likeness (QED) is 0.904. The molecule has 2 aromatic rings. The van der Waals surface area contributed by atoms with Crippen LogP contribution in [0.2, 0.25) is 5.02 Å². The van der Waals surface area contributed by atoms with Gasteiger partial charge in [-0.1, -0.05) is 11.6 Å². The number of halogens is 1. The van der Waals surface area contributed by atoms with Gasteiger partial charge in [-0.2, -0.15) is 5.10 Å². The largest absolute Gasteiger partial charge is 0.312 e. The SMILES string of the molecule is CNC(CCc1ccnn1C)c1sccc1Cl. The van der Waals surface area contributed by atoms with Crippen LogP contribution in [0.15, 0.2) is 23.7 Å². The Labute approximate surface area is 110 Å². The topological polar surface area (TPSA) is 29.9 Å². The molecule has 1 unspecified atom stereocenters. The van der Waals surface area contributed by atoms with Gasteiger partial charge in [0.1, 0.15) is 0 Å². The second-order valence-corrected chi connectivity index (χ2v) is 5.31. The summed E-state index contributed by atoms with van der Waals surface area (Å²) in [7, 11) is 3.95. The summed E-state index contributed by atoms with van der Waals surface area (Å²) >= 11 is 7.86. The average Bonchev–Trinajstić information content (AvgIpc) is 2.90. The summed E-state index contributed by atoms with van der Waals surface area (Å²) in [6, 6.07) is 4.33. The predicted octanol–water partition coefficient (Wildman–Crippen LogP) is 3.03. The molecule has 0 saturated carbocycles. The van der Waals surface area contributed by atoms with Crippen LogP contribution in [-0.2, 0) is 13.5 Å². The van der Waals surface area contributed by atoms with Crippen LogP contribution in [0.4, 0.5) is 0 Å². The van der Waals surface area contributed by atoms with Crippen LogP contribution >= 0.6 is 22.9 Å². The minimum Gasteiger partial charge on any atom is -0.312 e. The maximum Gasteiger partial charge on any atom is 0.0561 e. The van der Waals surface area contributed by atoms with Crippen LogP contribution in [0, 0.1) is 0 Å². The number of hydrogen-bond acceptors (Lipinski definition) is 3. The van der Waals surface area contributed by atoms with Crippen molar-refractivity contribution >= 4 is 22.9 Å². The van der Waals surface area contributed by atoms with E-state index in [4.69, 9.17) is 11.6 Å². The van der Waals surface area contributed by atoms with Crippen molar-refractivity contribution in [2.24, 2.45) is 7.05 Å². The molecule has 5 heteroatoms. The van der Waals surface area contributed by atoms with Crippen molar-refractivity contribution in [1.29, 1.82) is 0 Å². The van der Waals surface area contributed by atoms with Crippen LogP contribution in [0.1, 0.15) is 23.0 Å². The van der Waals surface area contributed by atoms with Crippen LogP contribution in [0.5, 0.6) is 0 Å². The fourth-order valence-electron chi connectivity index (χ4n) is 1.90. The highest BCUT2D eigenvalue weighted by Gasteiger charge is 2.14. The lowest BCUT2D eigenvalue weighted by Gasteiger charge is -2.15. The van der Waals surface area contributed by atoms with E-state index >= 15 is 0 Å². The molecule has 0 aliphatic heterocycles. The summed E-state index contributed by atoms with van der Waals surface area (Å²) in [6.45, 7) is 0. The molecule has 3 nitrogen and oxygen atoms in total. The van der Waals surface area contributed by atoms with Gasteiger partial charge in [-0.05, 0) is 37.4 Å². The van der Waals surface area contributed by atoms with Gasteiger partial charge in [0.2, 0.25) is 0 Å². The summed E-state index contributed by atoms with van der Waals surface area (Å²) in [6.07, 6.45) is 3.86. The molecular weight excluding hydrogens is 254 g/mol. The van der Waals surface area contributed by atoms with Gasteiger partial charge < -0.3 is 5.32 Å². The van der Waals surface area contributed by atoms with Gasteiger partial charge >= 0.3 is 0 Å². The van der Waals surface area contributed by atoms with Gasteiger partial charge in [0.05, 0.1) is 5.02 Å². The molecule has 0 aromatic carbocycles. The molecule has 0 spiro atoms. The Balaban J connectivity index is 2.02. The first-order chi connectivity index (χ1) is 8.22. The maximum absolute atomic E-state index is 6.16. The lowest BCUT2D eigenvalue weighted by Crippen LogP contribution is -2.16. The Morgan fingerprint density at radius 2 is 2.35 bits per heavy atom. The normalized spacial score (nSPS) is 12.9. The highest BCUT2D eigenvalue weighted by molar-refractivity contribution is 7.10. The Hall–Kier alpha value is -0.840. The van der Waals surface area contributed by atoms with Crippen molar-refractivity contribution in [3.05, 3.63) is 39.3 Å². The number of hydrogen-bond donors (Lipinski definition) is 1. The molecule has 1 atom stereocenters. The molecule has 0 saturated heterocycles. The fourth-order valence-corrected chi connectivity index (χ4v) is 3.23. The third-order valence-corrected chi connectivity index (χ3v) is 4.39. The molecule has 0 radical (unpaired) electrons. The van der Waals surface area contributed by atoms with E-state index in [1.165, 1.54) is 10.6 Å². The average molecular weight is 270 g/mol. The van der Waals surface area contributed by atoms with Gasteiger partial charge in [-0.15, -0.1) is 11.3 Å². The second kappa shape index (κ2) is 5.67. The van der Waals surface area contributed by atoms with E-state index in [9.17, 15) is 0 Å². The van der Waals surface area contributed by atoms with Crippen LogP contribution < -0.4 is 5.32 Å². The van der Waals surface area contributed by atoms with E-state index in [-0.39, 0.29) is 0 Å². The molecule has 0 amide bonds. The zero-order valence-electron chi connectivity index (χ0n) is 9.98. The van der Waals surface area contributed by atoms with Gasteiger partial charge in [0.15, 0.2) is 0 Å². The summed E-state index contributed by atoms with van der Waals surface area (Å²) < 4.78 is 1.92. The van der Waals surface area contributed by atoms with Crippen molar-refractivity contribution in [2.75, 3.05) is 7.05 Å². The minimum atomic E-state index is 0.317.